The second-order valence-corrected chi connectivity index (χ2v) is 4.41. The predicted octanol–water partition coefficient (Wildman–Crippen LogP) is 0.657. The predicted molar refractivity (Wildman–Crippen MR) is 59.3 cm³/mol. The first-order valence-electron chi connectivity index (χ1n) is 5.09. The summed E-state index contributed by atoms with van der Waals surface area (Å²) in [6.45, 7) is -0.0160. The van der Waals surface area contributed by atoms with Crippen molar-refractivity contribution in [1.82, 2.24) is 4.90 Å². The SMILES string of the molecule is O=C(c1cc(Cl)ccc1F)N1CC(O)C(O)C1. The van der Waals surface area contributed by atoms with Gasteiger partial charge in [-0.15, -0.1) is 0 Å². The summed E-state index contributed by atoms with van der Waals surface area (Å²) in [5.74, 6) is -1.25. The van der Waals surface area contributed by atoms with Crippen molar-refractivity contribution in [3.05, 3.63) is 34.6 Å². The fourth-order valence-electron chi connectivity index (χ4n) is 1.77. The van der Waals surface area contributed by atoms with E-state index in [-0.39, 0.29) is 23.7 Å². The summed E-state index contributed by atoms with van der Waals surface area (Å²) in [6.07, 6.45) is -1.97. The molecule has 0 spiro atoms. The maximum Gasteiger partial charge on any atom is 0.257 e. The van der Waals surface area contributed by atoms with Crippen molar-refractivity contribution in [3.63, 3.8) is 0 Å². The van der Waals surface area contributed by atoms with Gasteiger partial charge in [0.05, 0.1) is 17.8 Å². The van der Waals surface area contributed by atoms with Crippen LogP contribution in [-0.4, -0.2) is 46.3 Å². The average molecular weight is 260 g/mol. The first-order valence-corrected chi connectivity index (χ1v) is 5.47. The number of likely N-dealkylation sites (tertiary alicyclic amines) is 1. The number of benzene rings is 1. The van der Waals surface area contributed by atoms with Gasteiger partial charge in [0.2, 0.25) is 0 Å². The average Bonchev–Trinajstić information content (AvgIpc) is 2.62. The lowest BCUT2D eigenvalue weighted by atomic mass is 10.2. The van der Waals surface area contributed by atoms with Crippen LogP contribution in [0.1, 0.15) is 10.4 Å². The second kappa shape index (κ2) is 4.60. The molecule has 17 heavy (non-hydrogen) atoms. The topological polar surface area (TPSA) is 60.8 Å². The largest absolute Gasteiger partial charge is 0.388 e. The highest BCUT2D eigenvalue weighted by atomic mass is 35.5. The molecule has 2 rings (SSSR count). The molecule has 1 saturated heterocycles. The van der Waals surface area contributed by atoms with Crippen LogP contribution in [0.4, 0.5) is 4.39 Å². The van der Waals surface area contributed by atoms with E-state index in [0.29, 0.717) is 0 Å². The van der Waals surface area contributed by atoms with Crippen LogP contribution < -0.4 is 0 Å². The second-order valence-electron chi connectivity index (χ2n) is 3.97. The number of β-amino-alcohol motifs (C(OH)–C–C–N with tert-alkyl or cyclic N) is 2. The Hall–Kier alpha value is -1.17. The summed E-state index contributed by atoms with van der Waals surface area (Å²) in [5.41, 5.74) is -0.154. The van der Waals surface area contributed by atoms with Gasteiger partial charge in [-0.25, -0.2) is 4.39 Å². The molecule has 0 saturated carbocycles. The Morgan fingerprint density at radius 2 is 1.94 bits per heavy atom. The zero-order chi connectivity index (χ0) is 12.6. The van der Waals surface area contributed by atoms with Crippen LogP contribution in [0.25, 0.3) is 0 Å². The molecule has 1 aromatic carbocycles. The number of carbonyl (C=O) groups is 1. The molecule has 1 amide bonds. The first-order chi connectivity index (χ1) is 7.99. The van der Waals surface area contributed by atoms with E-state index in [1.54, 1.807) is 0 Å². The standard InChI is InChI=1S/C11H11ClFNO3/c12-6-1-2-8(13)7(3-6)11(17)14-4-9(15)10(16)5-14/h1-3,9-10,15-16H,4-5H2. The summed E-state index contributed by atoms with van der Waals surface area (Å²) in [5, 5.41) is 18.9. The van der Waals surface area contributed by atoms with Crippen molar-refractivity contribution >= 4 is 17.5 Å². The minimum atomic E-state index is -0.985. The quantitative estimate of drug-likeness (QED) is 0.779. The molecular formula is C11H11ClFNO3. The van der Waals surface area contributed by atoms with Crippen molar-refractivity contribution < 1.29 is 19.4 Å². The molecule has 92 valence electrons. The van der Waals surface area contributed by atoms with E-state index in [4.69, 9.17) is 11.6 Å². The van der Waals surface area contributed by atoms with Gasteiger partial charge in [0.1, 0.15) is 5.82 Å². The van der Waals surface area contributed by atoms with Gasteiger partial charge in [-0.3, -0.25) is 4.79 Å². The Morgan fingerprint density at radius 3 is 2.53 bits per heavy atom. The lowest BCUT2D eigenvalue weighted by molar-refractivity contribution is 0.0572. The third-order valence-corrected chi connectivity index (χ3v) is 2.94. The highest BCUT2D eigenvalue weighted by Gasteiger charge is 2.33. The Kier molecular flexibility index (Phi) is 3.33. The lowest BCUT2D eigenvalue weighted by Crippen LogP contribution is -2.30. The lowest BCUT2D eigenvalue weighted by Gasteiger charge is -2.15. The number of carbonyl (C=O) groups excluding carboxylic acids is 1. The molecule has 0 bridgehead atoms. The van der Waals surface area contributed by atoms with Crippen molar-refractivity contribution in [2.24, 2.45) is 0 Å². The minimum Gasteiger partial charge on any atom is -0.388 e. The molecule has 2 unspecified atom stereocenters. The molecule has 1 heterocycles. The molecule has 1 aromatic rings. The smallest absolute Gasteiger partial charge is 0.257 e. The number of halogens is 2. The van der Waals surface area contributed by atoms with Gasteiger partial charge in [-0.05, 0) is 18.2 Å². The Labute approximate surface area is 102 Å². The number of amides is 1. The maximum absolute atomic E-state index is 13.4. The first kappa shape index (κ1) is 12.3. The van der Waals surface area contributed by atoms with Crippen LogP contribution in [0.2, 0.25) is 5.02 Å². The Balaban J connectivity index is 2.23. The van der Waals surface area contributed by atoms with Crippen molar-refractivity contribution in [2.45, 2.75) is 12.2 Å². The van der Waals surface area contributed by atoms with Gasteiger partial charge in [0.15, 0.2) is 0 Å². The molecule has 6 heteroatoms. The summed E-state index contributed by atoms with van der Waals surface area (Å²) >= 11 is 5.69. The molecular weight excluding hydrogens is 249 g/mol. The zero-order valence-corrected chi connectivity index (χ0v) is 9.56. The van der Waals surface area contributed by atoms with Crippen molar-refractivity contribution in [1.29, 1.82) is 0 Å². The number of hydrogen-bond acceptors (Lipinski definition) is 3. The van der Waals surface area contributed by atoms with Gasteiger partial charge in [-0.2, -0.15) is 0 Å². The van der Waals surface area contributed by atoms with Crippen LogP contribution in [0, 0.1) is 5.82 Å². The van der Waals surface area contributed by atoms with E-state index in [0.717, 1.165) is 6.07 Å². The fraction of sp³-hybridized carbons (Fsp3) is 0.364. The van der Waals surface area contributed by atoms with E-state index in [1.165, 1.54) is 17.0 Å². The molecule has 4 nitrogen and oxygen atoms in total. The van der Waals surface area contributed by atoms with Crippen LogP contribution in [0.3, 0.4) is 0 Å². The summed E-state index contributed by atoms with van der Waals surface area (Å²) in [4.78, 5) is 13.1. The van der Waals surface area contributed by atoms with E-state index in [9.17, 15) is 19.4 Å². The van der Waals surface area contributed by atoms with Crippen molar-refractivity contribution in [3.8, 4) is 0 Å². The van der Waals surface area contributed by atoms with Crippen LogP contribution in [0.5, 0.6) is 0 Å². The van der Waals surface area contributed by atoms with Gasteiger partial charge in [-0.1, -0.05) is 11.6 Å². The van der Waals surface area contributed by atoms with Crippen molar-refractivity contribution in [2.75, 3.05) is 13.1 Å². The summed E-state index contributed by atoms with van der Waals surface area (Å²) in [6, 6.07) is 3.69. The third-order valence-electron chi connectivity index (χ3n) is 2.71. The van der Waals surface area contributed by atoms with Crippen LogP contribution in [0.15, 0.2) is 18.2 Å². The summed E-state index contributed by atoms with van der Waals surface area (Å²) in [7, 11) is 0. The molecule has 1 fully saturated rings. The molecule has 1 aliphatic rings. The third kappa shape index (κ3) is 2.41. The monoisotopic (exact) mass is 259 g/mol. The van der Waals surface area contributed by atoms with E-state index < -0.39 is 23.9 Å². The number of rotatable bonds is 1. The zero-order valence-electron chi connectivity index (χ0n) is 8.81. The number of aliphatic hydroxyl groups is 2. The molecule has 1 aliphatic heterocycles. The highest BCUT2D eigenvalue weighted by molar-refractivity contribution is 6.31. The molecule has 2 N–H and O–H groups in total. The molecule has 2 atom stereocenters. The summed E-state index contributed by atoms with van der Waals surface area (Å²) < 4.78 is 13.4. The Morgan fingerprint density at radius 1 is 1.35 bits per heavy atom. The number of nitrogens with zero attached hydrogens (tertiary/aromatic N) is 1. The van der Waals surface area contributed by atoms with Gasteiger partial charge in [0.25, 0.3) is 5.91 Å². The van der Waals surface area contributed by atoms with E-state index in [1.807, 2.05) is 0 Å². The molecule has 0 aliphatic carbocycles. The van der Waals surface area contributed by atoms with Crippen LogP contribution >= 0.6 is 11.6 Å². The highest BCUT2D eigenvalue weighted by Crippen LogP contribution is 2.19. The van der Waals surface area contributed by atoms with Gasteiger partial charge >= 0.3 is 0 Å². The van der Waals surface area contributed by atoms with E-state index >= 15 is 0 Å². The van der Waals surface area contributed by atoms with Crippen LogP contribution in [-0.2, 0) is 0 Å². The number of hydrogen-bond donors (Lipinski definition) is 2. The molecule has 0 radical (unpaired) electrons. The van der Waals surface area contributed by atoms with E-state index in [2.05, 4.69) is 0 Å². The minimum absolute atomic E-state index is 0.00798. The normalized spacial score (nSPS) is 24.1. The van der Waals surface area contributed by atoms with Gasteiger partial charge in [0, 0.05) is 18.1 Å². The fourth-order valence-corrected chi connectivity index (χ4v) is 1.94. The van der Waals surface area contributed by atoms with Gasteiger partial charge < -0.3 is 15.1 Å². The number of aliphatic hydroxyl groups excluding tert-OH is 2. The molecule has 0 aromatic heterocycles. The maximum atomic E-state index is 13.4. The Bertz CT molecular complexity index is 444.